The number of nitrogens with zero attached hydrogens (tertiary/aromatic N) is 2. The second-order valence-electron chi connectivity index (χ2n) is 4.06. The van der Waals surface area contributed by atoms with Crippen LogP contribution in [0.2, 0.25) is 0 Å². The normalized spacial score (nSPS) is 10.6. The van der Waals surface area contributed by atoms with Crippen LogP contribution in [-0.2, 0) is 5.88 Å². The van der Waals surface area contributed by atoms with Crippen molar-refractivity contribution in [3.05, 3.63) is 60.4 Å². The van der Waals surface area contributed by atoms with E-state index in [9.17, 15) is 0 Å². The van der Waals surface area contributed by atoms with Crippen molar-refractivity contribution in [2.45, 2.75) is 5.88 Å². The number of fused-ring (bicyclic) bond motifs is 1. The number of alkyl halides is 1. The Morgan fingerprint density at radius 3 is 2.84 bits per heavy atom. The summed E-state index contributed by atoms with van der Waals surface area (Å²) in [4.78, 5) is 8.48. The van der Waals surface area contributed by atoms with Crippen LogP contribution in [0.3, 0.4) is 0 Å². The van der Waals surface area contributed by atoms with Crippen LogP contribution >= 0.6 is 11.6 Å². The summed E-state index contributed by atoms with van der Waals surface area (Å²) in [6.45, 7) is 0. The first kappa shape index (κ1) is 11.9. The molecule has 94 valence electrons. The Morgan fingerprint density at radius 1 is 1.00 bits per heavy atom. The number of hydrogen-bond acceptors (Lipinski definition) is 3. The molecule has 0 unspecified atom stereocenters. The zero-order valence-corrected chi connectivity index (χ0v) is 10.8. The topological polar surface area (TPSA) is 35.0 Å². The third-order valence-electron chi connectivity index (χ3n) is 2.77. The zero-order chi connectivity index (χ0) is 13.1. The summed E-state index contributed by atoms with van der Waals surface area (Å²) < 4.78 is 5.82. The first-order valence-corrected chi connectivity index (χ1v) is 6.43. The standard InChI is InChI=1S/C15H11ClN2O/c16-10-11-6-8-18-15(9-11)19-14-5-1-4-13-12(14)3-2-7-17-13/h1-9H,10H2. The van der Waals surface area contributed by atoms with Gasteiger partial charge in [-0.25, -0.2) is 4.98 Å². The first-order valence-electron chi connectivity index (χ1n) is 5.89. The monoisotopic (exact) mass is 270 g/mol. The molecule has 0 fully saturated rings. The lowest BCUT2D eigenvalue weighted by molar-refractivity contribution is 0.467. The van der Waals surface area contributed by atoms with E-state index in [1.54, 1.807) is 12.4 Å². The predicted molar refractivity (Wildman–Crippen MR) is 75.6 cm³/mol. The Balaban J connectivity index is 2.01. The van der Waals surface area contributed by atoms with E-state index in [0.29, 0.717) is 11.8 Å². The van der Waals surface area contributed by atoms with Crippen LogP contribution < -0.4 is 4.74 Å². The van der Waals surface area contributed by atoms with Gasteiger partial charge in [0, 0.05) is 29.7 Å². The summed E-state index contributed by atoms with van der Waals surface area (Å²) in [5.74, 6) is 1.72. The van der Waals surface area contributed by atoms with Gasteiger partial charge in [0.15, 0.2) is 0 Å². The van der Waals surface area contributed by atoms with E-state index in [1.807, 2.05) is 42.5 Å². The first-order chi connectivity index (χ1) is 9.36. The number of halogens is 1. The second-order valence-corrected chi connectivity index (χ2v) is 4.33. The molecule has 0 aliphatic rings. The molecule has 2 aromatic heterocycles. The van der Waals surface area contributed by atoms with Crippen LogP contribution in [0.25, 0.3) is 10.9 Å². The highest BCUT2D eigenvalue weighted by molar-refractivity contribution is 6.17. The van der Waals surface area contributed by atoms with Gasteiger partial charge < -0.3 is 4.74 Å². The van der Waals surface area contributed by atoms with E-state index in [-0.39, 0.29) is 0 Å². The molecule has 19 heavy (non-hydrogen) atoms. The smallest absolute Gasteiger partial charge is 0.219 e. The van der Waals surface area contributed by atoms with Crippen LogP contribution in [0.4, 0.5) is 0 Å². The fraction of sp³-hybridized carbons (Fsp3) is 0.0667. The van der Waals surface area contributed by atoms with E-state index in [1.165, 1.54) is 0 Å². The largest absolute Gasteiger partial charge is 0.438 e. The molecular formula is C15H11ClN2O. The van der Waals surface area contributed by atoms with E-state index >= 15 is 0 Å². The Kier molecular flexibility index (Phi) is 3.29. The molecule has 0 radical (unpaired) electrons. The lowest BCUT2D eigenvalue weighted by atomic mass is 10.2. The molecule has 3 aromatic rings. The average molecular weight is 271 g/mol. The Labute approximate surface area is 115 Å². The SMILES string of the molecule is ClCc1ccnc(Oc2cccc3ncccc23)c1. The minimum atomic E-state index is 0.440. The molecule has 0 aliphatic carbocycles. The summed E-state index contributed by atoms with van der Waals surface area (Å²) in [7, 11) is 0. The van der Waals surface area contributed by atoms with Gasteiger partial charge in [0.1, 0.15) is 5.75 Å². The maximum absolute atomic E-state index is 5.82. The molecule has 0 amide bonds. The molecule has 0 spiro atoms. The summed E-state index contributed by atoms with van der Waals surface area (Å²) in [6.07, 6.45) is 3.45. The van der Waals surface area contributed by atoms with Gasteiger partial charge in [-0.3, -0.25) is 4.98 Å². The van der Waals surface area contributed by atoms with Gasteiger partial charge in [0.05, 0.1) is 5.52 Å². The van der Waals surface area contributed by atoms with Crippen LogP contribution in [0.15, 0.2) is 54.9 Å². The highest BCUT2D eigenvalue weighted by Crippen LogP contribution is 2.28. The van der Waals surface area contributed by atoms with Gasteiger partial charge in [-0.15, -0.1) is 11.6 Å². The van der Waals surface area contributed by atoms with Crippen LogP contribution in [0.1, 0.15) is 5.56 Å². The Hall–Kier alpha value is -2.13. The van der Waals surface area contributed by atoms with Crippen molar-refractivity contribution in [1.82, 2.24) is 9.97 Å². The molecule has 0 atom stereocenters. The highest BCUT2D eigenvalue weighted by atomic mass is 35.5. The van der Waals surface area contributed by atoms with Gasteiger partial charge in [0.2, 0.25) is 5.88 Å². The Morgan fingerprint density at radius 2 is 1.95 bits per heavy atom. The van der Waals surface area contributed by atoms with Gasteiger partial charge in [-0.1, -0.05) is 6.07 Å². The van der Waals surface area contributed by atoms with Crippen molar-refractivity contribution >= 4 is 22.5 Å². The van der Waals surface area contributed by atoms with Gasteiger partial charge in [-0.05, 0) is 35.9 Å². The van der Waals surface area contributed by atoms with Crippen molar-refractivity contribution in [3.8, 4) is 11.6 Å². The van der Waals surface area contributed by atoms with Crippen LogP contribution in [0, 0.1) is 0 Å². The van der Waals surface area contributed by atoms with Gasteiger partial charge >= 0.3 is 0 Å². The molecule has 4 heteroatoms. The van der Waals surface area contributed by atoms with E-state index < -0.39 is 0 Å². The van der Waals surface area contributed by atoms with Crippen molar-refractivity contribution in [1.29, 1.82) is 0 Å². The van der Waals surface area contributed by atoms with Gasteiger partial charge in [0.25, 0.3) is 0 Å². The molecule has 3 rings (SSSR count). The lowest BCUT2D eigenvalue weighted by Crippen LogP contribution is -1.90. The molecule has 0 saturated heterocycles. The molecule has 0 saturated carbocycles. The summed E-state index contributed by atoms with van der Waals surface area (Å²) in [5, 5.41) is 0.961. The molecule has 0 aliphatic heterocycles. The Bertz CT molecular complexity index is 710. The quantitative estimate of drug-likeness (QED) is 0.670. The average Bonchev–Trinajstić information content (AvgIpc) is 2.48. The minimum absolute atomic E-state index is 0.440. The minimum Gasteiger partial charge on any atom is -0.438 e. The molecule has 1 aromatic carbocycles. The fourth-order valence-electron chi connectivity index (χ4n) is 1.87. The second kappa shape index (κ2) is 5.24. The van der Waals surface area contributed by atoms with E-state index in [0.717, 1.165) is 22.2 Å². The fourth-order valence-corrected chi connectivity index (χ4v) is 2.03. The summed E-state index contributed by atoms with van der Waals surface area (Å²) in [5.41, 5.74) is 1.87. The molecule has 2 heterocycles. The number of benzene rings is 1. The van der Waals surface area contributed by atoms with Crippen molar-refractivity contribution in [2.75, 3.05) is 0 Å². The number of ether oxygens (including phenoxy) is 1. The maximum Gasteiger partial charge on any atom is 0.219 e. The van der Waals surface area contributed by atoms with Crippen LogP contribution in [0.5, 0.6) is 11.6 Å². The number of rotatable bonds is 3. The summed E-state index contributed by atoms with van der Waals surface area (Å²) >= 11 is 5.80. The van der Waals surface area contributed by atoms with Crippen molar-refractivity contribution in [2.24, 2.45) is 0 Å². The van der Waals surface area contributed by atoms with Crippen molar-refractivity contribution in [3.63, 3.8) is 0 Å². The third-order valence-corrected chi connectivity index (χ3v) is 3.08. The molecule has 0 bridgehead atoms. The third kappa shape index (κ3) is 2.51. The molecule has 0 N–H and O–H groups in total. The maximum atomic E-state index is 5.82. The van der Waals surface area contributed by atoms with E-state index in [2.05, 4.69) is 9.97 Å². The molecular weight excluding hydrogens is 260 g/mol. The zero-order valence-electron chi connectivity index (χ0n) is 10.1. The van der Waals surface area contributed by atoms with Crippen LogP contribution in [-0.4, -0.2) is 9.97 Å². The number of pyridine rings is 2. The predicted octanol–water partition coefficient (Wildman–Crippen LogP) is 4.16. The molecule has 3 nitrogen and oxygen atoms in total. The number of hydrogen-bond donors (Lipinski definition) is 0. The lowest BCUT2D eigenvalue weighted by Gasteiger charge is -2.08. The number of aromatic nitrogens is 2. The highest BCUT2D eigenvalue weighted by Gasteiger charge is 2.05. The summed E-state index contributed by atoms with van der Waals surface area (Å²) in [6, 6.07) is 13.3. The van der Waals surface area contributed by atoms with E-state index in [4.69, 9.17) is 16.3 Å². The van der Waals surface area contributed by atoms with Crippen molar-refractivity contribution < 1.29 is 4.74 Å². The van der Waals surface area contributed by atoms with Gasteiger partial charge in [-0.2, -0.15) is 0 Å².